The molecule has 0 aliphatic carbocycles. The molecule has 0 spiro atoms. The maximum atomic E-state index is 12.2. The summed E-state index contributed by atoms with van der Waals surface area (Å²) in [7, 11) is 1.38. The number of hydrogen-bond acceptors (Lipinski definition) is 5. The standard InChI is InChI=1S/C19H20N2O5/c1-13(17(22)21-19(24)20-2)26-18(23)15-9-6-10-16(11-15)25-12-14-7-4-3-5-8-14/h3-11,13H,12H2,1-2H3,(H2,20,21,22,24)/t13-/m0/s1. The summed E-state index contributed by atoms with van der Waals surface area (Å²) >= 11 is 0. The van der Waals surface area contributed by atoms with Crippen LogP contribution in [0.3, 0.4) is 0 Å². The molecule has 3 amide bonds. The maximum absolute atomic E-state index is 12.2. The van der Waals surface area contributed by atoms with Crippen molar-refractivity contribution in [3.8, 4) is 5.75 Å². The minimum Gasteiger partial charge on any atom is -0.489 e. The molecule has 0 saturated carbocycles. The van der Waals surface area contributed by atoms with Gasteiger partial charge in [0, 0.05) is 7.05 Å². The van der Waals surface area contributed by atoms with Crippen LogP contribution >= 0.6 is 0 Å². The van der Waals surface area contributed by atoms with E-state index in [1.54, 1.807) is 18.2 Å². The van der Waals surface area contributed by atoms with E-state index < -0.39 is 24.0 Å². The van der Waals surface area contributed by atoms with Gasteiger partial charge in [0.15, 0.2) is 6.10 Å². The van der Waals surface area contributed by atoms with Gasteiger partial charge >= 0.3 is 12.0 Å². The van der Waals surface area contributed by atoms with Crippen molar-refractivity contribution in [3.63, 3.8) is 0 Å². The van der Waals surface area contributed by atoms with Crippen LogP contribution in [0, 0.1) is 0 Å². The Kier molecular flexibility index (Phi) is 6.73. The lowest BCUT2D eigenvalue weighted by Crippen LogP contribution is -2.43. The molecule has 7 nitrogen and oxygen atoms in total. The van der Waals surface area contributed by atoms with Gasteiger partial charge in [-0.25, -0.2) is 9.59 Å². The summed E-state index contributed by atoms with van der Waals surface area (Å²) in [4.78, 5) is 35.0. The van der Waals surface area contributed by atoms with E-state index >= 15 is 0 Å². The predicted molar refractivity (Wildman–Crippen MR) is 94.7 cm³/mol. The van der Waals surface area contributed by atoms with Gasteiger partial charge in [-0.1, -0.05) is 36.4 Å². The second-order valence-corrected chi connectivity index (χ2v) is 5.42. The third kappa shape index (κ3) is 5.62. The zero-order valence-corrected chi connectivity index (χ0v) is 14.5. The number of nitrogens with one attached hydrogen (secondary N) is 2. The molecule has 0 heterocycles. The van der Waals surface area contributed by atoms with Crippen LogP contribution in [-0.4, -0.2) is 31.1 Å². The van der Waals surface area contributed by atoms with E-state index in [2.05, 4.69) is 5.32 Å². The summed E-state index contributed by atoms with van der Waals surface area (Å²) in [5.41, 5.74) is 1.25. The fourth-order valence-electron chi connectivity index (χ4n) is 2.01. The number of amides is 3. The van der Waals surface area contributed by atoms with Gasteiger partial charge < -0.3 is 14.8 Å². The van der Waals surface area contributed by atoms with E-state index in [9.17, 15) is 14.4 Å². The third-order valence-electron chi connectivity index (χ3n) is 3.43. The SMILES string of the molecule is CNC(=O)NC(=O)[C@H](C)OC(=O)c1cccc(OCc2ccccc2)c1. The van der Waals surface area contributed by atoms with Crippen molar-refractivity contribution in [1.82, 2.24) is 10.6 Å². The Morgan fingerprint density at radius 3 is 2.46 bits per heavy atom. The molecule has 2 aromatic carbocycles. The van der Waals surface area contributed by atoms with E-state index in [1.165, 1.54) is 20.0 Å². The maximum Gasteiger partial charge on any atom is 0.339 e. The monoisotopic (exact) mass is 356 g/mol. The fraction of sp³-hybridized carbons (Fsp3) is 0.211. The van der Waals surface area contributed by atoms with Crippen LogP contribution in [0.25, 0.3) is 0 Å². The first-order chi connectivity index (χ1) is 12.5. The summed E-state index contributed by atoms with van der Waals surface area (Å²) in [5, 5.41) is 4.29. The first-order valence-corrected chi connectivity index (χ1v) is 8.00. The number of carbonyl (C=O) groups excluding carboxylic acids is 3. The molecular formula is C19H20N2O5. The molecule has 0 fully saturated rings. The van der Waals surface area contributed by atoms with Crippen LogP contribution in [0.15, 0.2) is 54.6 Å². The second kappa shape index (κ2) is 9.22. The van der Waals surface area contributed by atoms with E-state index in [-0.39, 0.29) is 5.56 Å². The number of carbonyl (C=O) groups is 3. The topological polar surface area (TPSA) is 93.7 Å². The molecule has 7 heteroatoms. The Labute approximate surface area is 151 Å². The molecule has 136 valence electrons. The van der Waals surface area contributed by atoms with Gasteiger partial charge in [-0.2, -0.15) is 0 Å². The Morgan fingerprint density at radius 1 is 1.04 bits per heavy atom. The molecular weight excluding hydrogens is 336 g/mol. The Hall–Kier alpha value is -3.35. The quantitative estimate of drug-likeness (QED) is 0.775. The van der Waals surface area contributed by atoms with Gasteiger partial charge in [0.1, 0.15) is 12.4 Å². The zero-order valence-electron chi connectivity index (χ0n) is 14.5. The number of hydrogen-bond donors (Lipinski definition) is 2. The van der Waals surface area contributed by atoms with Gasteiger partial charge in [-0.05, 0) is 30.7 Å². The van der Waals surface area contributed by atoms with Gasteiger partial charge in [-0.15, -0.1) is 0 Å². The fourth-order valence-corrected chi connectivity index (χ4v) is 2.01. The molecule has 0 unspecified atom stereocenters. The lowest BCUT2D eigenvalue weighted by atomic mass is 10.2. The molecule has 0 aliphatic rings. The van der Waals surface area contributed by atoms with Gasteiger partial charge in [-0.3, -0.25) is 10.1 Å². The number of ether oxygens (including phenoxy) is 2. The molecule has 0 aliphatic heterocycles. The molecule has 2 N–H and O–H groups in total. The van der Waals surface area contributed by atoms with Crippen LogP contribution < -0.4 is 15.4 Å². The Morgan fingerprint density at radius 2 is 1.77 bits per heavy atom. The van der Waals surface area contributed by atoms with Crippen LogP contribution in [0.2, 0.25) is 0 Å². The lowest BCUT2D eigenvalue weighted by molar-refractivity contribution is -0.127. The summed E-state index contributed by atoms with van der Waals surface area (Å²) < 4.78 is 10.7. The zero-order chi connectivity index (χ0) is 18.9. The molecule has 0 radical (unpaired) electrons. The smallest absolute Gasteiger partial charge is 0.339 e. The molecule has 2 aromatic rings. The van der Waals surface area contributed by atoms with Crippen molar-refractivity contribution >= 4 is 17.9 Å². The Balaban J connectivity index is 1.94. The summed E-state index contributed by atoms with van der Waals surface area (Å²) in [6, 6.07) is 15.4. The first-order valence-electron chi connectivity index (χ1n) is 8.00. The number of imide groups is 1. The molecule has 2 rings (SSSR count). The van der Waals surface area contributed by atoms with E-state index in [1.807, 2.05) is 35.6 Å². The largest absolute Gasteiger partial charge is 0.489 e. The minimum atomic E-state index is -1.12. The van der Waals surface area contributed by atoms with Crippen molar-refractivity contribution in [3.05, 3.63) is 65.7 Å². The first kappa shape index (κ1) is 19.0. The average Bonchev–Trinajstić information content (AvgIpc) is 2.67. The predicted octanol–water partition coefficient (Wildman–Crippen LogP) is 2.27. The number of rotatable bonds is 6. The highest BCUT2D eigenvalue weighted by molar-refractivity contribution is 5.98. The number of esters is 1. The van der Waals surface area contributed by atoms with Crippen molar-refractivity contribution in [2.24, 2.45) is 0 Å². The molecule has 26 heavy (non-hydrogen) atoms. The second-order valence-electron chi connectivity index (χ2n) is 5.42. The third-order valence-corrected chi connectivity index (χ3v) is 3.43. The van der Waals surface area contributed by atoms with E-state index in [4.69, 9.17) is 9.47 Å². The number of benzene rings is 2. The molecule has 1 atom stereocenters. The van der Waals surface area contributed by atoms with Crippen molar-refractivity contribution in [2.75, 3.05) is 7.05 Å². The van der Waals surface area contributed by atoms with Crippen LogP contribution in [0.1, 0.15) is 22.8 Å². The number of urea groups is 1. The highest BCUT2D eigenvalue weighted by Crippen LogP contribution is 2.16. The van der Waals surface area contributed by atoms with Crippen molar-refractivity contribution in [2.45, 2.75) is 19.6 Å². The molecule has 0 saturated heterocycles. The highest BCUT2D eigenvalue weighted by atomic mass is 16.5. The average molecular weight is 356 g/mol. The van der Waals surface area contributed by atoms with Gasteiger partial charge in [0.2, 0.25) is 0 Å². The van der Waals surface area contributed by atoms with E-state index in [0.29, 0.717) is 12.4 Å². The van der Waals surface area contributed by atoms with Crippen molar-refractivity contribution < 1.29 is 23.9 Å². The normalized spacial score (nSPS) is 11.2. The molecule has 0 bridgehead atoms. The van der Waals surface area contributed by atoms with E-state index in [0.717, 1.165) is 5.56 Å². The lowest BCUT2D eigenvalue weighted by Gasteiger charge is -2.13. The highest BCUT2D eigenvalue weighted by Gasteiger charge is 2.20. The van der Waals surface area contributed by atoms with Crippen LogP contribution in [0.5, 0.6) is 5.75 Å². The summed E-state index contributed by atoms with van der Waals surface area (Å²) in [5.74, 6) is -0.894. The van der Waals surface area contributed by atoms with Crippen LogP contribution in [0.4, 0.5) is 4.79 Å². The minimum absolute atomic E-state index is 0.246. The van der Waals surface area contributed by atoms with Crippen LogP contribution in [-0.2, 0) is 16.1 Å². The molecule has 0 aromatic heterocycles. The van der Waals surface area contributed by atoms with Gasteiger partial charge in [0.05, 0.1) is 5.56 Å². The van der Waals surface area contributed by atoms with Crippen molar-refractivity contribution in [1.29, 1.82) is 0 Å². The summed E-state index contributed by atoms with van der Waals surface area (Å²) in [6.45, 7) is 1.75. The van der Waals surface area contributed by atoms with Gasteiger partial charge in [0.25, 0.3) is 5.91 Å². The Bertz CT molecular complexity index is 777. The summed E-state index contributed by atoms with van der Waals surface area (Å²) in [6.07, 6.45) is -1.12.